The smallest absolute Gasteiger partial charge is 0.308 e. The van der Waals surface area contributed by atoms with Crippen LogP contribution in [0.1, 0.15) is 29.9 Å². The van der Waals surface area contributed by atoms with Gasteiger partial charge in [0.1, 0.15) is 6.04 Å². The standard InChI is InChI=1S/C14H18N2O4S/c1-8(15-12(17)11-4-3-7-21-11)13(18)16-6-5-10(9(16)2)14(19)20/h3-4,7-10H,5-6H2,1-2H3,(H,15,17)(H,19,20). The van der Waals surface area contributed by atoms with Gasteiger partial charge in [0.25, 0.3) is 5.91 Å². The van der Waals surface area contributed by atoms with Gasteiger partial charge in [-0.25, -0.2) is 0 Å². The van der Waals surface area contributed by atoms with Crippen molar-refractivity contribution in [2.45, 2.75) is 32.4 Å². The fraction of sp³-hybridized carbons (Fsp3) is 0.500. The van der Waals surface area contributed by atoms with E-state index in [0.717, 1.165) is 0 Å². The number of likely N-dealkylation sites (tertiary alicyclic amines) is 1. The number of carbonyl (C=O) groups excluding carboxylic acids is 2. The molecule has 114 valence electrons. The first-order valence-corrected chi connectivity index (χ1v) is 7.67. The summed E-state index contributed by atoms with van der Waals surface area (Å²) in [6, 6.07) is 2.44. The summed E-state index contributed by atoms with van der Waals surface area (Å²) in [5, 5.41) is 13.5. The van der Waals surface area contributed by atoms with E-state index >= 15 is 0 Å². The van der Waals surface area contributed by atoms with E-state index in [4.69, 9.17) is 5.11 Å². The molecule has 3 atom stereocenters. The second kappa shape index (κ2) is 6.26. The zero-order valence-corrected chi connectivity index (χ0v) is 12.7. The number of hydrogen-bond donors (Lipinski definition) is 2. The van der Waals surface area contributed by atoms with Crippen molar-refractivity contribution in [3.05, 3.63) is 22.4 Å². The maximum absolute atomic E-state index is 12.4. The molecular formula is C14H18N2O4S. The third-order valence-electron chi connectivity index (χ3n) is 3.82. The van der Waals surface area contributed by atoms with Gasteiger partial charge in [-0.05, 0) is 31.7 Å². The highest BCUT2D eigenvalue weighted by molar-refractivity contribution is 7.12. The Hall–Kier alpha value is -1.89. The van der Waals surface area contributed by atoms with Crippen molar-refractivity contribution in [3.8, 4) is 0 Å². The van der Waals surface area contributed by atoms with Crippen molar-refractivity contribution < 1.29 is 19.5 Å². The molecule has 0 aromatic carbocycles. The van der Waals surface area contributed by atoms with Gasteiger partial charge >= 0.3 is 5.97 Å². The van der Waals surface area contributed by atoms with Crippen molar-refractivity contribution in [3.63, 3.8) is 0 Å². The molecule has 7 heteroatoms. The first-order valence-electron chi connectivity index (χ1n) is 6.79. The van der Waals surface area contributed by atoms with Gasteiger partial charge in [0.2, 0.25) is 5.91 Å². The van der Waals surface area contributed by atoms with E-state index in [1.54, 1.807) is 31.4 Å². The Bertz CT molecular complexity index is 543. The number of carbonyl (C=O) groups is 3. The lowest BCUT2D eigenvalue weighted by Gasteiger charge is -2.26. The van der Waals surface area contributed by atoms with E-state index in [-0.39, 0.29) is 17.9 Å². The molecule has 2 N–H and O–H groups in total. The largest absolute Gasteiger partial charge is 0.481 e. The molecule has 2 rings (SSSR count). The molecule has 6 nitrogen and oxygen atoms in total. The summed E-state index contributed by atoms with van der Waals surface area (Å²) in [7, 11) is 0. The number of hydrogen-bond acceptors (Lipinski definition) is 4. The molecule has 0 radical (unpaired) electrons. The Labute approximate surface area is 126 Å². The van der Waals surface area contributed by atoms with E-state index in [2.05, 4.69) is 5.32 Å². The molecule has 1 saturated heterocycles. The van der Waals surface area contributed by atoms with Crippen LogP contribution in [0.4, 0.5) is 0 Å². The molecule has 1 aromatic heterocycles. The molecule has 1 aromatic rings. The Morgan fingerprint density at radius 1 is 1.48 bits per heavy atom. The average Bonchev–Trinajstić information content (AvgIpc) is 3.06. The minimum Gasteiger partial charge on any atom is -0.481 e. The SMILES string of the molecule is CC(NC(=O)c1cccs1)C(=O)N1CCC(C(=O)O)C1C. The van der Waals surface area contributed by atoms with Crippen LogP contribution in [0.2, 0.25) is 0 Å². The number of thiophene rings is 1. The van der Waals surface area contributed by atoms with Gasteiger partial charge in [-0.1, -0.05) is 6.07 Å². The number of carboxylic acid groups (broad SMARTS) is 1. The highest BCUT2D eigenvalue weighted by Crippen LogP contribution is 2.25. The number of nitrogens with zero attached hydrogens (tertiary/aromatic N) is 1. The van der Waals surface area contributed by atoms with Crippen LogP contribution in [-0.2, 0) is 9.59 Å². The van der Waals surface area contributed by atoms with Crippen LogP contribution in [0.15, 0.2) is 17.5 Å². The van der Waals surface area contributed by atoms with Crippen molar-refractivity contribution in [1.82, 2.24) is 10.2 Å². The van der Waals surface area contributed by atoms with Crippen LogP contribution in [0.3, 0.4) is 0 Å². The van der Waals surface area contributed by atoms with Gasteiger partial charge in [-0.2, -0.15) is 0 Å². The highest BCUT2D eigenvalue weighted by atomic mass is 32.1. The zero-order chi connectivity index (χ0) is 15.6. The highest BCUT2D eigenvalue weighted by Gasteiger charge is 2.39. The van der Waals surface area contributed by atoms with Gasteiger partial charge in [-0.15, -0.1) is 11.3 Å². The predicted octanol–water partition coefficient (Wildman–Crippen LogP) is 1.19. The molecule has 0 spiro atoms. The summed E-state index contributed by atoms with van der Waals surface area (Å²) >= 11 is 1.31. The fourth-order valence-corrected chi connectivity index (χ4v) is 3.19. The first-order chi connectivity index (χ1) is 9.91. The van der Waals surface area contributed by atoms with E-state index in [0.29, 0.717) is 17.8 Å². The maximum Gasteiger partial charge on any atom is 0.308 e. The van der Waals surface area contributed by atoms with Crippen molar-refractivity contribution in [2.75, 3.05) is 6.54 Å². The van der Waals surface area contributed by atoms with Gasteiger partial charge in [0, 0.05) is 12.6 Å². The Balaban J connectivity index is 1.97. The number of nitrogens with one attached hydrogen (secondary N) is 1. The summed E-state index contributed by atoms with van der Waals surface area (Å²) in [5.74, 6) is -1.94. The number of rotatable bonds is 4. The third-order valence-corrected chi connectivity index (χ3v) is 4.69. The molecule has 0 aliphatic carbocycles. The molecule has 2 heterocycles. The number of carboxylic acids is 1. The summed E-state index contributed by atoms with van der Waals surface area (Å²) in [6.45, 7) is 3.77. The molecule has 3 unspecified atom stereocenters. The minimum atomic E-state index is -0.881. The van der Waals surface area contributed by atoms with Crippen LogP contribution >= 0.6 is 11.3 Å². The molecule has 1 aliphatic heterocycles. The summed E-state index contributed by atoms with van der Waals surface area (Å²) < 4.78 is 0. The lowest BCUT2D eigenvalue weighted by Crippen LogP contribution is -2.48. The molecule has 0 bridgehead atoms. The molecule has 1 fully saturated rings. The topological polar surface area (TPSA) is 86.7 Å². The van der Waals surface area contributed by atoms with Crippen LogP contribution in [0.25, 0.3) is 0 Å². The van der Waals surface area contributed by atoms with Gasteiger partial charge in [0.05, 0.1) is 10.8 Å². The van der Waals surface area contributed by atoms with Crippen molar-refractivity contribution in [1.29, 1.82) is 0 Å². The van der Waals surface area contributed by atoms with Crippen molar-refractivity contribution in [2.24, 2.45) is 5.92 Å². The normalized spacial score (nSPS) is 22.9. The maximum atomic E-state index is 12.4. The Morgan fingerprint density at radius 2 is 2.19 bits per heavy atom. The monoisotopic (exact) mass is 310 g/mol. The third kappa shape index (κ3) is 3.24. The van der Waals surface area contributed by atoms with Crippen molar-refractivity contribution >= 4 is 29.1 Å². The minimum absolute atomic E-state index is 0.240. The molecule has 0 saturated carbocycles. The Morgan fingerprint density at radius 3 is 2.71 bits per heavy atom. The summed E-state index contributed by atoms with van der Waals surface area (Å²) in [4.78, 5) is 37.4. The zero-order valence-electron chi connectivity index (χ0n) is 11.9. The molecule has 2 amide bonds. The lowest BCUT2D eigenvalue weighted by atomic mass is 10.0. The van der Waals surface area contributed by atoms with Crippen LogP contribution in [-0.4, -0.2) is 46.4 Å². The average molecular weight is 310 g/mol. The van der Waals surface area contributed by atoms with E-state index in [9.17, 15) is 14.4 Å². The van der Waals surface area contributed by atoms with Gasteiger partial charge < -0.3 is 15.3 Å². The first kappa shape index (κ1) is 15.5. The van der Waals surface area contributed by atoms with E-state index < -0.39 is 17.9 Å². The van der Waals surface area contributed by atoms with Gasteiger partial charge in [0.15, 0.2) is 0 Å². The molecule has 1 aliphatic rings. The molecule has 21 heavy (non-hydrogen) atoms. The Kier molecular flexibility index (Phi) is 4.62. The van der Waals surface area contributed by atoms with Gasteiger partial charge in [-0.3, -0.25) is 14.4 Å². The van der Waals surface area contributed by atoms with Crippen LogP contribution in [0.5, 0.6) is 0 Å². The fourth-order valence-electron chi connectivity index (χ4n) is 2.57. The second-order valence-corrected chi connectivity index (χ2v) is 6.13. The molecular weight excluding hydrogens is 292 g/mol. The predicted molar refractivity (Wildman–Crippen MR) is 78.2 cm³/mol. The number of aliphatic carboxylic acids is 1. The van der Waals surface area contributed by atoms with E-state index in [1.165, 1.54) is 16.2 Å². The number of amides is 2. The summed E-state index contributed by atoms with van der Waals surface area (Å²) in [5.41, 5.74) is 0. The second-order valence-electron chi connectivity index (χ2n) is 5.18. The van der Waals surface area contributed by atoms with E-state index in [1.807, 2.05) is 0 Å². The summed E-state index contributed by atoms with van der Waals surface area (Å²) in [6.07, 6.45) is 0.452. The quantitative estimate of drug-likeness (QED) is 0.874. The van der Waals surface area contributed by atoms with Crippen LogP contribution in [0, 0.1) is 5.92 Å². The van der Waals surface area contributed by atoms with Crippen LogP contribution < -0.4 is 5.32 Å². The lowest BCUT2D eigenvalue weighted by molar-refractivity contribution is -0.143.